The van der Waals surface area contributed by atoms with Crippen molar-refractivity contribution < 1.29 is 23.9 Å². The highest BCUT2D eigenvalue weighted by molar-refractivity contribution is 5.92. The number of benzene rings is 2. The number of aliphatic carboxylic acids is 1. The molecular weight excluding hydrogens is 318 g/mol. The van der Waals surface area contributed by atoms with E-state index in [-0.39, 0.29) is 0 Å². The van der Waals surface area contributed by atoms with Gasteiger partial charge in [0.1, 0.15) is 7.05 Å². The Morgan fingerprint density at radius 3 is 1.96 bits per heavy atom. The largest absolute Gasteiger partial charge is 0.550 e. The van der Waals surface area contributed by atoms with Gasteiger partial charge in [-0.3, -0.25) is 0 Å². The van der Waals surface area contributed by atoms with Gasteiger partial charge >= 0.3 is 0 Å². The standard InChI is InChI=1S/C18H16NO2.C2H4O2/c1-11-13-8-9-19(3)10-14(13)12(2)18-17(11)20-15-6-4-5-7-16(15)21-18;1-2(3)4/h4-10H,1-3H3;1H3,(H,3,4)/q+1;/p-1. The molecule has 5 heteroatoms. The summed E-state index contributed by atoms with van der Waals surface area (Å²) < 4.78 is 14.3. The topological polar surface area (TPSA) is 62.5 Å². The maximum Gasteiger partial charge on any atom is 0.176 e. The van der Waals surface area contributed by atoms with Gasteiger partial charge in [0.2, 0.25) is 0 Å². The fourth-order valence-corrected chi connectivity index (χ4v) is 2.89. The van der Waals surface area contributed by atoms with E-state index >= 15 is 0 Å². The predicted molar refractivity (Wildman–Crippen MR) is 91.9 cm³/mol. The van der Waals surface area contributed by atoms with Crippen LogP contribution < -0.4 is 19.1 Å². The van der Waals surface area contributed by atoms with E-state index in [2.05, 4.69) is 36.9 Å². The molecule has 1 aromatic heterocycles. The van der Waals surface area contributed by atoms with Gasteiger partial charge in [0.25, 0.3) is 0 Å². The molecule has 0 bridgehead atoms. The highest BCUT2D eigenvalue weighted by atomic mass is 16.6. The molecule has 0 saturated carbocycles. The Balaban J connectivity index is 0.000000415. The summed E-state index contributed by atoms with van der Waals surface area (Å²) in [6, 6.07) is 9.90. The van der Waals surface area contributed by atoms with Crippen LogP contribution >= 0.6 is 0 Å². The van der Waals surface area contributed by atoms with E-state index in [1.165, 1.54) is 10.8 Å². The van der Waals surface area contributed by atoms with Crippen LogP contribution in [0.3, 0.4) is 0 Å². The smallest absolute Gasteiger partial charge is 0.176 e. The second-order valence-electron chi connectivity index (χ2n) is 5.99. The van der Waals surface area contributed by atoms with Gasteiger partial charge in [-0.1, -0.05) is 12.1 Å². The third-order valence-electron chi connectivity index (χ3n) is 4.07. The Labute approximate surface area is 146 Å². The Kier molecular flexibility index (Phi) is 4.31. The van der Waals surface area contributed by atoms with Crippen LogP contribution in [0.1, 0.15) is 18.1 Å². The van der Waals surface area contributed by atoms with Crippen LogP contribution in [0.25, 0.3) is 10.8 Å². The SMILES string of the molecule is CC(=O)[O-].Cc1c2c(c(C)c3c[n+](C)ccc13)Oc1ccccc1O2. The zero-order valence-electron chi connectivity index (χ0n) is 14.6. The van der Waals surface area contributed by atoms with Crippen molar-refractivity contribution in [2.24, 2.45) is 7.05 Å². The van der Waals surface area contributed by atoms with Crippen LogP contribution in [0.4, 0.5) is 0 Å². The van der Waals surface area contributed by atoms with Gasteiger partial charge in [-0.25, -0.2) is 4.57 Å². The monoisotopic (exact) mass is 337 g/mol. The molecule has 0 atom stereocenters. The maximum absolute atomic E-state index is 8.89. The number of ether oxygens (including phenoxy) is 2. The summed E-state index contributed by atoms with van der Waals surface area (Å²) in [5, 5.41) is 11.3. The van der Waals surface area contributed by atoms with Crippen molar-refractivity contribution in [2.75, 3.05) is 0 Å². The van der Waals surface area contributed by atoms with Gasteiger partial charge in [0, 0.05) is 28.5 Å². The molecule has 128 valence electrons. The number of carboxylic acids is 1. The average Bonchev–Trinajstić information content (AvgIpc) is 2.58. The van der Waals surface area contributed by atoms with E-state index in [9.17, 15) is 0 Å². The first-order valence-electron chi connectivity index (χ1n) is 7.93. The lowest BCUT2D eigenvalue weighted by atomic mass is 10.00. The summed E-state index contributed by atoms with van der Waals surface area (Å²) in [4.78, 5) is 8.89. The number of nitrogens with zero attached hydrogens (tertiary/aromatic N) is 1. The summed E-state index contributed by atoms with van der Waals surface area (Å²) in [6.45, 7) is 5.13. The lowest BCUT2D eigenvalue weighted by Gasteiger charge is -2.24. The number of carboxylic acid groups (broad SMARTS) is 1. The number of aryl methyl sites for hydroxylation is 3. The molecule has 0 fully saturated rings. The molecule has 0 N–H and O–H groups in total. The number of hydrogen-bond donors (Lipinski definition) is 0. The van der Waals surface area contributed by atoms with Crippen LogP contribution in [0.2, 0.25) is 0 Å². The fraction of sp³-hybridized carbons (Fsp3) is 0.200. The van der Waals surface area contributed by atoms with Gasteiger partial charge in [-0.15, -0.1) is 0 Å². The van der Waals surface area contributed by atoms with Crippen molar-refractivity contribution >= 4 is 16.7 Å². The second-order valence-corrected chi connectivity index (χ2v) is 5.99. The normalized spacial score (nSPS) is 11.4. The van der Waals surface area contributed by atoms with Crippen molar-refractivity contribution in [3.8, 4) is 23.0 Å². The van der Waals surface area contributed by atoms with Crippen LogP contribution in [0.15, 0.2) is 42.7 Å². The van der Waals surface area contributed by atoms with Gasteiger partial charge in [0.05, 0.1) is 5.39 Å². The number of fused-ring (bicyclic) bond motifs is 3. The number of rotatable bonds is 0. The molecule has 0 amide bonds. The molecule has 0 aliphatic carbocycles. The molecule has 2 heterocycles. The van der Waals surface area contributed by atoms with Crippen molar-refractivity contribution in [1.29, 1.82) is 0 Å². The molecule has 3 aromatic rings. The summed E-state index contributed by atoms with van der Waals surface area (Å²) in [5.41, 5.74) is 2.22. The number of aromatic nitrogens is 1. The molecule has 1 aliphatic heterocycles. The van der Waals surface area contributed by atoms with E-state index in [0.29, 0.717) is 0 Å². The van der Waals surface area contributed by atoms with Crippen molar-refractivity contribution in [3.63, 3.8) is 0 Å². The molecule has 5 nitrogen and oxygen atoms in total. The first kappa shape index (κ1) is 16.8. The van der Waals surface area contributed by atoms with E-state index in [4.69, 9.17) is 19.4 Å². The molecular formula is C20H19NO4. The van der Waals surface area contributed by atoms with Crippen molar-refractivity contribution in [1.82, 2.24) is 0 Å². The molecule has 1 aliphatic rings. The van der Waals surface area contributed by atoms with Crippen LogP contribution in [0, 0.1) is 13.8 Å². The van der Waals surface area contributed by atoms with Crippen molar-refractivity contribution in [2.45, 2.75) is 20.8 Å². The zero-order valence-corrected chi connectivity index (χ0v) is 14.6. The quantitative estimate of drug-likeness (QED) is 0.463. The number of carbonyl (C=O) groups excluding carboxylic acids is 1. The van der Waals surface area contributed by atoms with E-state index in [0.717, 1.165) is 41.0 Å². The molecule has 2 aromatic carbocycles. The maximum atomic E-state index is 8.89. The minimum Gasteiger partial charge on any atom is -0.550 e. The van der Waals surface area contributed by atoms with Crippen LogP contribution in [-0.4, -0.2) is 5.97 Å². The molecule has 4 rings (SSSR count). The first-order valence-corrected chi connectivity index (χ1v) is 7.93. The van der Waals surface area contributed by atoms with Gasteiger partial charge < -0.3 is 19.4 Å². The Morgan fingerprint density at radius 2 is 1.44 bits per heavy atom. The number of pyridine rings is 1. The average molecular weight is 337 g/mol. The summed E-state index contributed by atoms with van der Waals surface area (Å²) in [6.07, 6.45) is 4.18. The van der Waals surface area contributed by atoms with Gasteiger partial charge in [-0.05, 0) is 32.9 Å². The summed E-state index contributed by atoms with van der Waals surface area (Å²) >= 11 is 0. The number of carbonyl (C=O) groups is 1. The predicted octanol–water partition coefficient (Wildman–Crippen LogP) is 2.94. The third kappa shape index (κ3) is 3.13. The zero-order chi connectivity index (χ0) is 18.1. The highest BCUT2D eigenvalue weighted by Gasteiger charge is 2.25. The molecule has 0 spiro atoms. The lowest BCUT2D eigenvalue weighted by Crippen LogP contribution is -2.26. The Hall–Kier alpha value is -3.08. The Bertz CT molecular complexity index is 975. The highest BCUT2D eigenvalue weighted by Crippen LogP contribution is 2.50. The molecule has 0 radical (unpaired) electrons. The Morgan fingerprint density at radius 1 is 0.960 bits per heavy atom. The molecule has 25 heavy (non-hydrogen) atoms. The number of hydrogen-bond acceptors (Lipinski definition) is 4. The third-order valence-corrected chi connectivity index (χ3v) is 4.07. The lowest BCUT2D eigenvalue weighted by molar-refractivity contribution is -0.670. The van der Waals surface area contributed by atoms with Crippen LogP contribution in [0.5, 0.6) is 23.0 Å². The minimum absolute atomic E-state index is 0.771. The fourth-order valence-electron chi connectivity index (χ4n) is 2.89. The van der Waals surface area contributed by atoms with Gasteiger partial charge in [-0.2, -0.15) is 0 Å². The summed E-state index contributed by atoms with van der Waals surface area (Å²) in [7, 11) is 2.03. The van der Waals surface area contributed by atoms with E-state index < -0.39 is 5.97 Å². The molecule has 0 saturated heterocycles. The number of para-hydroxylation sites is 2. The molecule has 0 unspecified atom stereocenters. The summed E-state index contributed by atoms with van der Waals surface area (Å²) in [5.74, 6) is 2.11. The van der Waals surface area contributed by atoms with Crippen LogP contribution in [-0.2, 0) is 11.8 Å². The minimum atomic E-state index is -1.08. The van der Waals surface area contributed by atoms with Gasteiger partial charge in [0.15, 0.2) is 35.4 Å². The first-order chi connectivity index (χ1) is 11.9. The van der Waals surface area contributed by atoms with E-state index in [1.807, 2.05) is 31.3 Å². The second kappa shape index (κ2) is 6.43. The van der Waals surface area contributed by atoms with Crippen molar-refractivity contribution in [3.05, 3.63) is 53.9 Å². The van der Waals surface area contributed by atoms with E-state index in [1.54, 1.807) is 0 Å².